The summed E-state index contributed by atoms with van der Waals surface area (Å²) in [6.45, 7) is 10.8. The molecule has 0 bridgehead atoms. The fourth-order valence-corrected chi connectivity index (χ4v) is 5.16. The summed E-state index contributed by atoms with van der Waals surface area (Å²) in [5.41, 5.74) is 1.42. The van der Waals surface area contributed by atoms with E-state index in [4.69, 9.17) is 4.74 Å². The molecule has 4 nitrogen and oxygen atoms in total. The summed E-state index contributed by atoms with van der Waals surface area (Å²) in [6.07, 6.45) is 10.8. The molecule has 0 radical (unpaired) electrons. The van der Waals surface area contributed by atoms with Gasteiger partial charge in [-0.3, -0.25) is 4.90 Å². The smallest absolute Gasteiger partial charge is 0.119 e. The maximum absolute atomic E-state index is 5.98. The zero-order valence-electron chi connectivity index (χ0n) is 17.7. The normalized spacial score (nSPS) is 24.8. The molecule has 0 spiro atoms. The van der Waals surface area contributed by atoms with Crippen molar-refractivity contribution in [3.05, 3.63) is 29.8 Å². The van der Waals surface area contributed by atoms with Gasteiger partial charge in [0.05, 0.1) is 6.61 Å². The molecule has 1 unspecified atom stereocenters. The quantitative estimate of drug-likeness (QED) is 0.598. The molecule has 0 N–H and O–H groups in total. The average Bonchev–Trinajstić information content (AvgIpc) is 3.40. The topological polar surface area (TPSA) is 19.0 Å². The number of nitrogens with zero attached hydrogens (tertiary/aromatic N) is 3. The van der Waals surface area contributed by atoms with E-state index < -0.39 is 0 Å². The molecule has 3 fully saturated rings. The number of ether oxygens (including phenoxy) is 1. The Bertz CT molecular complexity index is 564. The van der Waals surface area contributed by atoms with E-state index in [2.05, 4.69) is 39.0 Å². The maximum atomic E-state index is 5.98. The Labute approximate surface area is 171 Å². The lowest BCUT2D eigenvalue weighted by Crippen LogP contribution is -2.38. The van der Waals surface area contributed by atoms with Crippen molar-refractivity contribution in [1.82, 2.24) is 14.7 Å². The first-order valence-corrected chi connectivity index (χ1v) is 11.8. The summed E-state index contributed by atoms with van der Waals surface area (Å²) >= 11 is 0. The van der Waals surface area contributed by atoms with Gasteiger partial charge >= 0.3 is 0 Å². The van der Waals surface area contributed by atoms with E-state index in [-0.39, 0.29) is 0 Å². The van der Waals surface area contributed by atoms with Gasteiger partial charge in [-0.25, -0.2) is 0 Å². The van der Waals surface area contributed by atoms with Gasteiger partial charge in [0.25, 0.3) is 0 Å². The number of hydrogen-bond donors (Lipinski definition) is 0. The lowest BCUT2D eigenvalue weighted by atomic mass is 10.1. The molecule has 1 aromatic rings. The highest BCUT2D eigenvalue weighted by molar-refractivity contribution is 5.27. The highest BCUT2D eigenvalue weighted by Crippen LogP contribution is 2.23. The molecule has 4 rings (SSSR count). The summed E-state index contributed by atoms with van der Waals surface area (Å²) in [4.78, 5) is 7.96. The van der Waals surface area contributed by atoms with E-state index in [1.807, 2.05) is 0 Å². The first-order chi connectivity index (χ1) is 13.9. The van der Waals surface area contributed by atoms with Crippen LogP contribution in [0, 0.1) is 0 Å². The second-order valence-electron chi connectivity index (χ2n) is 9.02. The Morgan fingerprint density at radius 3 is 2.29 bits per heavy atom. The Morgan fingerprint density at radius 1 is 0.786 bits per heavy atom. The van der Waals surface area contributed by atoms with Gasteiger partial charge in [-0.05, 0) is 95.4 Å². The Kier molecular flexibility index (Phi) is 7.65. The van der Waals surface area contributed by atoms with E-state index in [0.717, 1.165) is 31.4 Å². The SMILES string of the molecule is c1cc(OCCCN2CCCCC2)ccc1CN1CCCC1CN1CCCC1. The number of hydrogen-bond acceptors (Lipinski definition) is 4. The third kappa shape index (κ3) is 5.95. The van der Waals surface area contributed by atoms with Crippen molar-refractivity contribution in [3.63, 3.8) is 0 Å². The molecule has 0 aliphatic carbocycles. The van der Waals surface area contributed by atoms with Crippen molar-refractivity contribution in [2.75, 3.05) is 52.4 Å². The predicted octanol–water partition coefficient (Wildman–Crippen LogP) is 4.00. The second kappa shape index (κ2) is 10.6. The number of benzene rings is 1. The Hall–Kier alpha value is -1.10. The van der Waals surface area contributed by atoms with Crippen LogP contribution >= 0.6 is 0 Å². The lowest BCUT2D eigenvalue weighted by Gasteiger charge is -2.28. The molecule has 3 heterocycles. The maximum Gasteiger partial charge on any atom is 0.119 e. The van der Waals surface area contributed by atoms with Crippen LogP contribution < -0.4 is 4.74 Å². The summed E-state index contributed by atoms with van der Waals surface area (Å²) in [6, 6.07) is 9.63. The van der Waals surface area contributed by atoms with Gasteiger partial charge in [-0.1, -0.05) is 18.6 Å². The van der Waals surface area contributed by atoms with Crippen LogP contribution in [0.1, 0.15) is 56.9 Å². The second-order valence-corrected chi connectivity index (χ2v) is 9.02. The zero-order chi connectivity index (χ0) is 19.0. The van der Waals surface area contributed by atoms with Crippen LogP contribution in [0.15, 0.2) is 24.3 Å². The zero-order valence-corrected chi connectivity index (χ0v) is 17.7. The molecule has 156 valence electrons. The van der Waals surface area contributed by atoms with Crippen LogP contribution in [0.3, 0.4) is 0 Å². The molecule has 0 aromatic heterocycles. The van der Waals surface area contributed by atoms with Crippen molar-refractivity contribution in [1.29, 1.82) is 0 Å². The molecule has 1 atom stereocenters. The third-order valence-electron chi connectivity index (χ3n) is 6.81. The van der Waals surface area contributed by atoms with Gasteiger partial charge < -0.3 is 14.5 Å². The number of rotatable bonds is 9. The van der Waals surface area contributed by atoms with Crippen molar-refractivity contribution >= 4 is 0 Å². The first-order valence-electron chi connectivity index (χ1n) is 11.8. The summed E-state index contributed by atoms with van der Waals surface area (Å²) < 4.78 is 5.98. The van der Waals surface area contributed by atoms with Gasteiger partial charge in [-0.15, -0.1) is 0 Å². The predicted molar refractivity (Wildman–Crippen MR) is 116 cm³/mol. The minimum atomic E-state index is 0.754. The van der Waals surface area contributed by atoms with Gasteiger partial charge in [0.1, 0.15) is 5.75 Å². The highest BCUT2D eigenvalue weighted by Gasteiger charge is 2.27. The largest absolute Gasteiger partial charge is 0.494 e. The van der Waals surface area contributed by atoms with E-state index in [1.54, 1.807) is 0 Å². The molecule has 28 heavy (non-hydrogen) atoms. The Balaban J connectivity index is 1.17. The monoisotopic (exact) mass is 385 g/mol. The molecule has 3 saturated heterocycles. The molecule has 3 aliphatic rings. The van der Waals surface area contributed by atoms with Crippen LogP contribution in [-0.4, -0.2) is 73.2 Å². The van der Waals surface area contributed by atoms with Gasteiger partial charge in [-0.2, -0.15) is 0 Å². The fraction of sp³-hybridized carbons (Fsp3) is 0.750. The minimum Gasteiger partial charge on any atom is -0.494 e. The third-order valence-corrected chi connectivity index (χ3v) is 6.81. The van der Waals surface area contributed by atoms with E-state index >= 15 is 0 Å². The van der Waals surface area contributed by atoms with Crippen molar-refractivity contribution < 1.29 is 4.74 Å². The Morgan fingerprint density at radius 2 is 1.50 bits per heavy atom. The van der Waals surface area contributed by atoms with Crippen molar-refractivity contribution in [2.24, 2.45) is 0 Å². The fourth-order valence-electron chi connectivity index (χ4n) is 5.16. The van der Waals surface area contributed by atoms with Crippen LogP contribution in [-0.2, 0) is 6.54 Å². The van der Waals surface area contributed by atoms with Gasteiger partial charge in [0.2, 0.25) is 0 Å². The van der Waals surface area contributed by atoms with E-state index in [1.165, 1.54) is 96.3 Å². The molecule has 3 aliphatic heterocycles. The van der Waals surface area contributed by atoms with Gasteiger partial charge in [0.15, 0.2) is 0 Å². The molecule has 4 heteroatoms. The van der Waals surface area contributed by atoms with Crippen LogP contribution in [0.25, 0.3) is 0 Å². The number of piperidine rings is 1. The van der Waals surface area contributed by atoms with Crippen LogP contribution in [0.2, 0.25) is 0 Å². The molecule has 1 aromatic carbocycles. The van der Waals surface area contributed by atoms with Crippen LogP contribution in [0.5, 0.6) is 5.75 Å². The first kappa shape index (κ1) is 20.2. The van der Waals surface area contributed by atoms with E-state index in [0.29, 0.717) is 0 Å². The van der Waals surface area contributed by atoms with E-state index in [9.17, 15) is 0 Å². The molecule has 0 saturated carbocycles. The average molecular weight is 386 g/mol. The van der Waals surface area contributed by atoms with Gasteiger partial charge in [0, 0.05) is 25.7 Å². The standard InChI is InChI=1S/C24H39N3O/c1-2-13-25(14-3-1)17-7-19-28-24-11-9-22(10-12-24)20-27-18-6-8-23(27)21-26-15-4-5-16-26/h9-12,23H,1-8,13-21H2. The van der Waals surface area contributed by atoms with Crippen LogP contribution in [0.4, 0.5) is 0 Å². The highest BCUT2D eigenvalue weighted by atomic mass is 16.5. The lowest BCUT2D eigenvalue weighted by molar-refractivity contribution is 0.185. The summed E-state index contributed by atoms with van der Waals surface area (Å²) in [5, 5.41) is 0. The molecular formula is C24H39N3O. The number of likely N-dealkylation sites (tertiary alicyclic amines) is 3. The summed E-state index contributed by atoms with van der Waals surface area (Å²) in [7, 11) is 0. The molecular weight excluding hydrogens is 346 g/mol. The minimum absolute atomic E-state index is 0.754. The van der Waals surface area contributed by atoms with Crippen molar-refractivity contribution in [3.8, 4) is 5.75 Å². The van der Waals surface area contributed by atoms with Crippen molar-refractivity contribution in [2.45, 2.75) is 64.0 Å². The molecule has 0 amide bonds. The summed E-state index contributed by atoms with van der Waals surface area (Å²) in [5.74, 6) is 1.03.